The van der Waals surface area contributed by atoms with Crippen molar-refractivity contribution in [1.29, 1.82) is 0 Å². The molecule has 0 radical (unpaired) electrons. The Balaban J connectivity index is 1.87. The predicted octanol–water partition coefficient (Wildman–Crippen LogP) is 3.09. The highest BCUT2D eigenvalue weighted by atomic mass is 79.9. The van der Waals surface area contributed by atoms with Crippen LogP contribution in [0.1, 0.15) is 24.2 Å². The number of hydrogen-bond donors (Lipinski definition) is 2. The van der Waals surface area contributed by atoms with Crippen molar-refractivity contribution in [2.24, 2.45) is 0 Å². The van der Waals surface area contributed by atoms with Crippen molar-refractivity contribution in [1.82, 2.24) is 10.9 Å². The van der Waals surface area contributed by atoms with Gasteiger partial charge in [0.25, 0.3) is 11.8 Å². The van der Waals surface area contributed by atoms with Gasteiger partial charge in [-0.3, -0.25) is 20.4 Å². The topological polar surface area (TPSA) is 85.9 Å². The van der Waals surface area contributed by atoms with Gasteiger partial charge in [-0.2, -0.15) is 0 Å². The van der Waals surface area contributed by atoms with Gasteiger partial charge in [-0.1, -0.05) is 15.9 Å². The summed E-state index contributed by atoms with van der Waals surface area (Å²) in [5.74, 6) is 0.616. The Labute approximate surface area is 166 Å². The summed E-state index contributed by atoms with van der Waals surface area (Å²) in [6.45, 7) is 4.40. The quantitative estimate of drug-likeness (QED) is 0.620. The molecule has 0 spiro atoms. The molecule has 2 aromatic rings. The van der Waals surface area contributed by atoms with Crippen LogP contribution in [-0.2, 0) is 4.79 Å². The Morgan fingerprint density at radius 3 is 2.22 bits per heavy atom. The fraction of sp³-hybridized carbons (Fsp3) is 0.263. The van der Waals surface area contributed by atoms with Gasteiger partial charge in [-0.05, 0) is 56.3 Å². The second-order valence-corrected chi connectivity index (χ2v) is 6.19. The molecule has 0 aliphatic heterocycles. The molecular weight excluding hydrogens is 416 g/mol. The molecule has 7 nitrogen and oxygen atoms in total. The van der Waals surface area contributed by atoms with Crippen molar-refractivity contribution in [3.63, 3.8) is 0 Å². The first-order chi connectivity index (χ1) is 13.0. The van der Waals surface area contributed by atoms with Crippen molar-refractivity contribution < 1.29 is 23.8 Å². The zero-order chi connectivity index (χ0) is 19.6. The van der Waals surface area contributed by atoms with Crippen LogP contribution in [0.25, 0.3) is 0 Å². The normalized spacial score (nSPS) is 10.0. The van der Waals surface area contributed by atoms with Crippen LogP contribution < -0.4 is 25.1 Å². The van der Waals surface area contributed by atoms with Gasteiger partial charge in [0.2, 0.25) is 0 Å². The summed E-state index contributed by atoms with van der Waals surface area (Å²) in [7, 11) is 0. The number of halogens is 1. The van der Waals surface area contributed by atoms with Gasteiger partial charge in [-0.25, -0.2) is 0 Å². The molecule has 2 amide bonds. The van der Waals surface area contributed by atoms with Crippen LogP contribution in [0.15, 0.2) is 46.9 Å². The van der Waals surface area contributed by atoms with Crippen molar-refractivity contribution >= 4 is 27.7 Å². The van der Waals surface area contributed by atoms with E-state index in [1.807, 2.05) is 13.8 Å². The highest BCUT2D eigenvalue weighted by Gasteiger charge is 2.12. The van der Waals surface area contributed by atoms with E-state index < -0.39 is 11.8 Å². The van der Waals surface area contributed by atoms with Crippen LogP contribution in [0, 0.1) is 0 Å². The molecule has 0 saturated heterocycles. The Morgan fingerprint density at radius 2 is 1.56 bits per heavy atom. The summed E-state index contributed by atoms with van der Waals surface area (Å²) in [4.78, 5) is 24.0. The van der Waals surface area contributed by atoms with Crippen molar-refractivity contribution in [3.8, 4) is 17.2 Å². The largest absolute Gasteiger partial charge is 0.490 e. The van der Waals surface area contributed by atoms with E-state index in [9.17, 15) is 9.59 Å². The number of hydrogen-bond acceptors (Lipinski definition) is 5. The number of carbonyl (C=O) groups is 2. The number of benzene rings is 2. The molecule has 0 aliphatic carbocycles. The second-order valence-electron chi connectivity index (χ2n) is 5.27. The molecule has 2 N–H and O–H groups in total. The lowest BCUT2D eigenvalue weighted by atomic mass is 10.2. The molecule has 0 atom stereocenters. The number of amides is 2. The molecule has 27 heavy (non-hydrogen) atoms. The summed E-state index contributed by atoms with van der Waals surface area (Å²) < 4.78 is 17.2. The maximum absolute atomic E-state index is 12.2. The first-order valence-electron chi connectivity index (χ1n) is 8.40. The third-order valence-electron chi connectivity index (χ3n) is 3.30. The first-order valence-corrected chi connectivity index (χ1v) is 9.20. The molecule has 2 aromatic carbocycles. The lowest BCUT2D eigenvalue weighted by Crippen LogP contribution is -2.43. The molecule has 0 saturated carbocycles. The molecule has 2 rings (SSSR count). The van der Waals surface area contributed by atoms with E-state index in [0.29, 0.717) is 36.0 Å². The van der Waals surface area contributed by atoms with Crippen LogP contribution in [0.2, 0.25) is 0 Å². The Hall–Kier alpha value is -2.74. The summed E-state index contributed by atoms with van der Waals surface area (Å²) in [6.07, 6.45) is 0. The third-order valence-corrected chi connectivity index (χ3v) is 3.83. The molecule has 0 bridgehead atoms. The molecule has 0 fully saturated rings. The Kier molecular flexibility index (Phi) is 7.94. The van der Waals surface area contributed by atoms with E-state index in [4.69, 9.17) is 14.2 Å². The number of nitrogens with one attached hydrogen (secondary N) is 2. The van der Waals surface area contributed by atoms with Gasteiger partial charge in [0.1, 0.15) is 5.75 Å². The standard InChI is InChI=1S/C19H21BrN2O5/c1-3-25-16-10-5-13(11-17(16)26-4-2)19(24)22-21-18(23)12-27-15-8-6-14(20)7-9-15/h5-11H,3-4,12H2,1-2H3,(H,21,23)(H,22,24). The van der Waals surface area contributed by atoms with Gasteiger partial charge in [0.15, 0.2) is 18.1 Å². The highest BCUT2D eigenvalue weighted by molar-refractivity contribution is 9.10. The molecule has 0 aromatic heterocycles. The summed E-state index contributed by atoms with van der Waals surface area (Å²) in [6, 6.07) is 11.9. The summed E-state index contributed by atoms with van der Waals surface area (Å²) in [5.41, 5.74) is 4.98. The van der Waals surface area contributed by atoms with E-state index in [-0.39, 0.29) is 6.61 Å². The lowest BCUT2D eigenvalue weighted by Gasteiger charge is -2.13. The summed E-state index contributed by atoms with van der Waals surface area (Å²) >= 11 is 3.32. The van der Waals surface area contributed by atoms with Gasteiger partial charge in [0.05, 0.1) is 13.2 Å². The number of rotatable bonds is 8. The fourth-order valence-electron chi connectivity index (χ4n) is 2.11. The number of ether oxygens (including phenoxy) is 3. The highest BCUT2D eigenvalue weighted by Crippen LogP contribution is 2.28. The zero-order valence-corrected chi connectivity index (χ0v) is 16.7. The maximum atomic E-state index is 12.2. The average Bonchev–Trinajstić information content (AvgIpc) is 2.67. The first kappa shape index (κ1) is 20.6. The fourth-order valence-corrected chi connectivity index (χ4v) is 2.37. The van der Waals surface area contributed by atoms with Gasteiger partial charge in [-0.15, -0.1) is 0 Å². The van der Waals surface area contributed by atoms with E-state index >= 15 is 0 Å². The van der Waals surface area contributed by atoms with Crippen molar-refractivity contribution in [2.45, 2.75) is 13.8 Å². The zero-order valence-electron chi connectivity index (χ0n) is 15.1. The third kappa shape index (κ3) is 6.49. The van der Waals surface area contributed by atoms with Gasteiger partial charge >= 0.3 is 0 Å². The van der Waals surface area contributed by atoms with Crippen LogP contribution in [0.3, 0.4) is 0 Å². The van der Waals surface area contributed by atoms with E-state index in [1.165, 1.54) is 0 Å². The van der Waals surface area contributed by atoms with Crippen LogP contribution >= 0.6 is 15.9 Å². The minimum absolute atomic E-state index is 0.227. The molecule has 0 unspecified atom stereocenters. The minimum atomic E-state index is -0.484. The SMILES string of the molecule is CCOc1ccc(C(=O)NNC(=O)COc2ccc(Br)cc2)cc1OCC. The smallest absolute Gasteiger partial charge is 0.276 e. The van der Waals surface area contributed by atoms with E-state index in [2.05, 4.69) is 26.8 Å². The monoisotopic (exact) mass is 436 g/mol. The maximum Gasteiger partial charge on any atom is 0.276 e. The Bertz CT molecular complexity index is 780. The molecular formula is C19H21BrN2O5. The average molecular weight is 437 g/mol. The van der Waals surface area contributed by atoms with Crippen LogP contribution in [-0.4, -0.2) is 31.6 Å². The minimum Gasteiger partial charge on any atom is -0.490 e. The lowest BCUT2D eigenvalue weighted by molar-refractivity contribution is -0.123. The number of carbonyl (C=O) groups excluding carboxylic acids is 2. The molecule has 0 heterocycles. The van der Waals surface area contributed by atoms with E-state index in [0.717, 1.165) is 4.47 Å². The Morgan fingerprint density at radius 1 is 0.889 bits per heavy atom. The van der Waals surface area contributed by atoms with E-state index in [1.54, 1.807) is 42.5 Å². The van der Waals surface area contributed by atoms with Crippen molar-refractivity contribution in [2.75, 3.05) is 19.8 Å². The number of hydrazine groups is 1. The van der Waals surface area contributed by atoms with Crippen molar-refractivity contribution in [3.05, 3.63) is 52.5 Å². The second kappa shape index (κ2) is 10.4. The van der Waals surface area contributed by atoms with Crippen LogP contribution in [0.4, 0.5) is 0 Å². The molecule has 8 heteroatoms. The molecule has 0 aliphatic rings. The van der Waals surface area contributed by atoms with Gasteiger partial charge < -0.3 is 14.2 Å². The van der Waals surface area contributed by atoms with Gasteiger partial charge in [0, 0.05) is 10.0 Å². The molecule has 144 valence electrons. The predicted molar refractivity (Wildman–Crippen MR) is 104 cm³/mol. The van der Waals surface area contributed by atoms with Crippen LogP contribution in [0.5, 0.6) is 17.2 Å². The summed E-state index contributed by atoms with van der Waals surface area (Å²) in [5, 5.41) is 0.